The first-order valence-electron chi connectivity index (χ1n) is 14.9. The minimum atomic E-state index is 0.568. The predicted molar refractivity (Wildman–Crippen MR) is 178 cm³/mol. The van der Waals surface area contributed by atoms with Gasteiger partial charge in [-0.1, -0.05) is 70.0 Å². The molecule has 10 nitrogen and oxygen atoms in total. The zero-order chi connectivity index (χ0) is 31.6. The third-order valence-corrected chi connectivity index (χ3v) is 7.80. The van der Waals surface area contributed by atoms with Crippen LogP contribution in [0.1, 0.15) is 11.1 Å². The second-order valence-corrected chi connectivity index (χ2v) is 11.8. The van der Waals surface area contributed by atoms with E-state index in [-0.39, 0.29) is 0 Å². The molecule has 0 aliphatic carbocycles. The van der Waals surface area contributed by atoms with Crippen LogP contribution in [0.4, 0.5) is 0 Å². The highest BCUT2D eigenvalue weighted by atomic mass is 35.5. The molecule has 0 spiro atoms. The largest absolute Gasteiger partial charge is 0.491 e. The Bertz CT molecular complexity index is 1670. The molecule has 12 heteroatoms. The Morgan fingerprint density at radius 3 is 1.64 bits per heavy atom. The number of aryl methyl sites for hydroxylation is 4. The summed E-state index contributed by atoms with van der Waals surface area (Å²) in [5, 5.41) is 21.7. The Hall–Kier alpha value is -3.96. The quantitative estimate of drug-likeness (QED) is 0.140. The topological polar surface area (TPSA) is 95.2 Å². The van der Waals surface area contributed by atoms with E-state index >= 15 is 0 Å². The summed E-state index contributed by atoms with van der Waals surface area (Å²) in [4.78, 5) is 2.07. The van der Waals surface area contributed by atoms with Gasteiger partial charge in [0.25, 0.3) is 0 Å². The zero-order valence-corrected chi connectivity index (χ0v) is 27.3. The van der Waals surface area contributed by atoms with E-state index in [2.05, 4.69) is 30.8 Å². The van der Waals surface area contributed by atoms with Crippen molar-refractivity contribution in [3.05, 3.63) is 94.2 Å². The molecule has 5 rings (SSSR count). The maximum atomic E-state index is 6.44. The third kappa shape index (κ3) is 9.27. The second kappa shape index (κ2) is 15.9. The average molecular weight is 650 g/mol. The molecule has 2 aromatic heterocycles. The van der Waals surface area contributed by atoms with Crippen LogP contribution in [-0.4, -0.2) is 82.3 Å². The van der Waals surface area contributed by atoms with Gasteiger partial charge in [-0.15, -0.1) is 10.2 Å². The van der Waals surface area contributed by atoms with E-state index in [1.807, 2.05) is 104 Å². The van der Waals surface area contributed by atoms with Gasteiger partial charge in [0.1, 0.15) is 36.1 Å². The molecule has 0 saturated heterocycles. The van der Waals surface area contributed by atoms with Crippen molar-refractivity contribution in [1.29, 1.82) is 0 Å². The van der Waals surface area contributed by atoms with Crippen LogP contribution < -0.4 is 14.8 Å². The summed E-state index contributed by atoms with van der Waals surface area (Å²) in [5.41, 5.74) is 5.80. The van der Waals surface area contributed by atoms with Gasteiger partial charge in [-0.05, 0) is 69.4 Å². The number of hydrogen-bond donors (Lipinski definition) is 1. The fourth-order valence-corrected chi connectivity index (χ4v) is 5.13. The van der Waals surface area contributed by atoms with Crippen LogP contribution >= 0.6 is 23.2 Å². The molecule has 0 bridgehead atoms. The first kappa shape index (κ1) is 32.4. The van der Waals surface area contributed by atoms with Crippen molar-refractivity contribution in [3.63, 3.8) is 0 Å². The normalized spacial score (nSPS) is 11.3. The molecule has 0 atom stereocenters. The smallest absolute Gasteiger partial charge is 0.137 e. The molecule has 0 unspecified atom stereocenters. The number of nitrogens with one attached hydrogen (secondary N) is 1. The fourth-order valence-electron chi connectivity index (χ4n) is 4.61. The Balaban J connectivity index is 1.12. The lowest BCUT2D eigenvalue weighted by atomic mass is 10.1. The Morgan fingerprint density at radius 2 is 1.20 bits per heavy atom. The van der Waals surface area contributed by atoms with Crippen molar-refractivity contribution in [1.82, 2.24) is 40.2 Å². The van der Waals surface area contributed by atoms with E-state index in [1.54, 1.807) is 0 Å². The predicted octanol–water partition coefficient (Wildman–Crippen LogP) is 5.53. The first-order valence-corrected chi connectivity index (χ1v) is 15.7. The number of rotatable bonds is 16. The highest BCUT2D eigenvalue weighted by Gasteiger charge is 2.10. The lowest BCUT2D eigenvalue weighted by Crippen LogP contribution is -2.19. The maximum absolute atomic E-state index is 6.44. The highest BCUT2D eigenvalue weighted by molar-refractivity contribution is 6.32. The highest BCUT2D eigenvalue weighted by Crippen LogP contribution is 2.27. The molecule has 3 aromatic carbocycles. The lowest BCUT2D eigenvalue weighted by molar-refractivity contribution is 0.261. The summed E-state index contributed by atoms with van der Waals surface area (Å²) in [6, 6.07) is 19.9. The van der Waals surface area contributed by atoms with Gasteiger partial charge in [0.05, 0.1) is 22.4 Å². The summed E-state index contributed by atoms with van der Waals surface area (Å²) < 4.78 is 15.2. The van der Waals surface area contributed by atoms with Crippen molar-refractivity contribution in [2.75, 3.05) is 47.4 Å². The molecule has 0 saturated carbocycles. The van der Waals surface area contributed by atoms with Crippen molar-refractivity contribution < 1.29 is 9.47 Å². The van der Waals surface area contributed by atoms with E-state index in [4.69, 9.17) is 32.7 Å². The van der Waals surface area contributed by atoms with Crippen LogP contribution in [0, 0.1) is 0 Å². The molecule has 236 valence electrons. The van der Waals surface area contributed by atoms with Gasteiger partial charge >= 0.3 is 0 Å². The molecule has 45 heavy (non-hydrogen) atoms. The number of likely N-dealkylation sites (N-methyl/N-ethyl adjacent to an activating group) is 2. The molecular formula is C33H38Cl2N8O2. The number of halogens is 2. The van der Waals surface area contributed by atoms with Crippen molar-refractivity contribution >= 4 is 23.2 Å². The standard InChI is InChI=1S/C33H38Cl2N8O2/c1-36-14-18-44-32-10-4-24(20-28(32)34)12-15-42-22-30(37-39-42)26-6-8-27(9-7-26)31-23-43(40-38-31)16-13-25-5-11-33(29(35)21-25)45-19-17-41(2)3/h4-11,20-23,36H,12-19H2,1-3H3. The van der Waals surface area contributed by atoms with Crippen LogP contribution in [-0.2, 0) is 25.9 Å². The van der Waals surface area contributed by atoms with Gasteiger partial charge in [0.2, 0.25) is 0 Å². The number of benzene rings is 3. The van der Waals surface area contributed by atoms with Crippen LogP contribution in [0.15, 0.2) is 73.1 Å². The Morgan fingerprint density at radius 1 is 0.711 bits per heavy atom. The number of aromatic nitrogens is 6. The molecule has 5 aromatic rings. The van der Waals surface area contributed by atoms with Crippen LogP contribution in [0.2, 0.25) is 10.0 Å². The summed E-state index contributed by atoms with van der Waals surface area (Å²) in [6.07, 6.45) is 5.46. The Kier molecular flexibility index (Phi) is 11.4. The van der Waals surface area contributed by atoms with Crippen molar-refractivity contribution in [2.45, 2.75) is 25.9 Å². The summed E-state index contributed by atoms with van der Waals surface area (Å²) in [7, 11) is 5.91. The van der Waals surface area contributed by atoms with E-state index in [1.165, 1.54) is 0 Å². The van der Waals surface area contributed by atoms with Crippen molar-refractivity contribution in [2.24, 2.45) is 0 Å². The first-order chi connectivity index (χ1) is 21.9. The van der Waals surface area contributed by atoms with Gasteiger partial charge in [-0.25, -0.2) is 0 Å². The molecular weight excluding hydrogens is 611 g/mol. The average Bonchev–Trinajstić information content (AvgIpc) is 3.71. The van der Waals surface area contributed by atoms with Crippen molar-refractivity contribution in [3.8, 4) is 34.0 Å². The summed E-state index contributed by atoms with van der Waals surface area (Å²) in [5.74, 6) is 1.40. The van der Waals surface area contributed by atoms with E-state index in [0.29, 0.717) is 47.8 Å². The number of hydrogen-bond acceptors (Lipinski definition) is 8. The molecule has 0 radical (unpaired) electrons. The third-order valence-electron chi connectivity index (χ3n) is 7.21. The maximum Gasteiger partial charge on any atom is 0.137 e. The summed E-state index contributed by atoms with van der Waals surface area (Å²) in [6.45, 7) is 4.13. The van der Waals surface area contributed by atoms with Gasteiger partial charge in [-0.2, -0.15) is 0 Å². The molecule has 0 fully saturated rings. The Labute approximate surface area is 273 Å². The van der Waals surface area contributed by atoms with Crippen LogP contribution in [0.3, 0.4) is 0 Å². The zero-order valence-electron chi connectivity index (χ0n) is 25.8. The molecule has 2 heterocycles. The lowest BCUT2D eigenvalue weighted by Gasteiger charge is -2.12. The van der Waals surface area contributed by atoms with Crippen LogP contribution in [0.5, 0.6) is 11.5 Å². The molecule has 0 aliphatic heterocycles. The van der Waals surface area contributed by atoms with Gasteiger partial charge < -0.3 is 19.7 Å². The molecule has 0 amide bonds. The second-order valence-electron chi connectivity index (χ2n) is 10.9. The number of ether oxygens (including phenoxy) is 2. The minimum absolute atomic E-state index is 0.568. The SMILES string of the molecule is CNCCOc1ccc(CCn2cc(-c3ccc(-c4cn(CCc5ccc(OCCN(C)C)c(Cl)c5)nn4)cc3)nn2)cc1Cl. The van der Waals surface area contributed by atoms with Gasteiger partial charge in [-0.3, -0.25) is 9.36 Å². The van der Waals surface area contributed by atoms with Gasteiger partial charge in [0.15, 0.2) is 0 Å². The van der Waals surface area contributed by atoms with Crippen LogP contribution in [0.25, 0.3) is 22.5 Å². The monoisotopic (exact) mass is 648 g/mol. The fraction of sp³-hybridized carbons (Fsp3) is 0.333. The van der Waals surface area contributed by atoms with E-state index < -0.39 is 0 Å². The molecule has 1 N–H and O–H groups in total. The molecule has 0 aliphatic rings. The van der Waals surface area contributed by atoms with Gasteiger partial charge in [0, 0.05) is 37.3 Å². The summed E-state index contributed by atoms with van der Waals surface area (Å²) >= 11 is 12.8. The van der Waals surface area contributed by atoms with E-state index in [9.17, 15) is 0 Å². The minimum Gasteiger partial charge on any atom is -0.491 e. The van der Waals surface area contributed by atoms with E-state index in [0.717, 1.165) is 59.6 Å². The number of nitrogens with zero attached hydrogens (tertiary/aromatic N) is 7.